The molecule has 0 aliphatic carbocycles. The van der Waals surface area contributed by atoms with E-state index in [4.69, 9.17) is 10.2 Å². The second-order valence-electron chi connectivity index (χ2n) is 2.71. The van der Waals surface area contributed by atoms with E-state index in [9.17, 15) is 14.3 Å². The number of hydrogen-bond donors (Lipinski definition) is 3. The van der Waals surface area contributed by atoms with Gasteiger partial charge in [0.05, 0.1) is 6.67 Å². The van der Waals surface area contributed by atoms with Crippen LogP contribution < -0.4 is 0 Å². The van der Waals surface area contributed by atoms with Crippen LogP contribution in [0.2, 0.25) is 0 Å². The summed E-state index contributed by atoms with van der Waals surface area (Å²) < 4.78 is 12.0. The van der Waals surface area contributed by atoms with Crippen LogP contribution in [0.1, 0.15) is 15.9 Å². The number of hydrogen-bond acceptors (Lipinski definition) is 3. The lowest BCUT2D eigenvalue weighted by Gasteiger charge is -2.07. The van der Waals surface area contributed by atoms with Crippen LogP contribution >= 0.6 is 0 Å². The zero-order chi connectivity index (χ0) is 10.7. The normalized spacial score (nSPS) is 10.1. The molecule has 1 aromatic carbocycles. The number of benzene rings is 1. The predicted molar refractivity (Wildman–Crippen MR) is 46.4 cm³/mol. The molecule has 0 saturated heterocycles. The van der Waals surface area contributed by atoms with Gasteiger partial charge in [0.25, 0.3) is 0 Å². The second kappa shape index (κ2) is 3.95. The molecule has 0 atom stereocenters. The molecule has 0 unspecified atom stereocenters. The highest BCUT2D eigenvalue weighted by molar-refractivity contribution is 5.93. The maximum absolute atomic E-state index is 12.0. The predicted octanol–water partition coefficient (Wildman–Crippen LogP) is 1.31. The van der Waals surface area contributed by atoms with Crippen molar-refractivity contribution >= 4 is 5.97 Å². The van der Waals surface area contributed by atoms with Crippen LogP contribution in [-0.2, 0) is 6.42 Å². The van der Waals surface area contributed by atoms with E-state index in [-0.39, 0.29) is 12.0 Å². The third-order valence-electron chi connectivity index (χ3n) is 1.82. The molecule has 1 rings (SSSR count). The SMILES string of the molecule is O=C(O)c1c(CCF)ccc(O)c1O. The van der Waals surface area contributed by atoms with Crippen LogP contribution in [0.4, 0.5) is 4.39 Å². The molecule has 76 valence electrons. The molecule has 0 fully saturated rings. The average molecular weight is 200 g/mol. The number of aryl methyl sites for hydroxylation is 1. The van der Waals surface area contributed by atoms with Crippen molar-refractivity contribution in [2.75, 3.05) is 6.67 Å². The van der Waals surface area contributed by atoms with Gasteiger partial charge in [-0.15, -0.1) is 0 Å². The summed E-state index contributed by atoms with van der Waals surface area (Å²) in [5.74, 6) is -2.63. The number of aromatic carboxylic acids is 1. The Kier molecular flexibility index (Phi) is 2.91. The van der Waals surface area contributed by atoms with Gasteiger partial charge in [0.1, 0.15) is 5.56 Å². The van der Waals surface area contributed by atoms with Crippen molar-refractivity contribution in [3.8, 4) is 11.5 Å². The number of rotatable bonds is 3. The maximum Gasteiger partial charge on any atom is 0.339 e. The Bertz CT molecular complexity index is 362. The van der Waals surface area contributed by atoms with Gasteiger partial charge in [0.2, 0.25) is 0 Å². The van der Waals surface area contributed by atoms with Gasteiger partial charge in [0.15, 0.2) is 11.5 Å². The first-order chi connectivity index (χ1) is 6.57. The molecule has 4 nitrogen and oxygen atoms in total. The van der Waals surface area contributed by atoms with E-state index >= 15 is 0 Å². The summed E-state index contributed by atoms with van der Waals surface area (Å²) >= 11 is 0. The van der Waals surface area contributed by atoms with Gasteiger partial charge < -0.3 is 15.3 Å². The topological polar surface area (TPSA) is 77.8 Å². The lowest BCUT2D eigenvalue weighted by molar-refractivity contribution is 0.0691. The summed E-state index contributed by atoms with van der Waals surface area (Å²) in [4.78, 5) is 10.7. The minimum Gasteiger partial charge on any atom is -0.504 e. The van der Waals surface area contributed by atoms with Gasteiger partial charge in [-0.3, -0.25) is 4.39 Å². The van der Waals surface area contributed by atoms with Gasteiger partial charge in [-0.2, -0.15) is 0 Å². The molecule has 0 amide bonds. The Morgan fingerprint density at radius 3 is 2.50 bits per heavy atom. The van der Waals surface area contributed by atoms with Crippen molar-refractivity contribution in [1.29, 1.82) is 0 Å². The van der Waals surface area contributed by atoms with Gasteiger partial charge >= 0.3 is 5.97 Å². The van der Waals surface area contributed by atoms with E-state index in [0.29, 0.717) is 0 Å². The maximum atomic E-state index is 12.0. The first-order valence-corrected chi connectivity index (χ1v) is 3.91. The summed E-state index contributed by atoms with van der Waals surface area (Å²) in [6.45, 7) is -0.718. The van der Waals surface area contributed by atoms with E-state index in [0.717, 1.165) is 6.07 Å². The first kappa shape index (κ1) is 10.3. The summed E-state index contributed by atoms with van der Waals surface area (Å²) in [5.41, 5.74) is -0.280. The molecule has 0 aliphatic heterocycles. The number of aromatic hydroxyl groups is 2. The summed E-state index contributed by atoms with van der Waals surface area (Å²) in [6, 6.07) is 2.41. The number of carbonyl (C=O) groups is 1. The average Bonchev–Trinajstić information content (AvgIpc) is 2.11. The number of halogens is 1. The van der Waals surface area contributed by atoms with Crippen molar-refractivity contribution in [2.24, 2.45) is 0 Å². The zero-order valence-electron chi connectivity index (χ0n) is 7.20. The molecule has 0 spiro atoms. The summed E-state index contributed by atoms with van der Waals surface area (Å²) in [6.07, 6.45) is -0.102. The fraction of sp³-hybridized carbons (Fsp3) is 0.222. The quantitative estimate of drug-likeness (QED) is 0.643. The van der Waals surface area contributed by atoms with Crippen LogP contribution in [0.15, 0.2) is 12.1 Å². The van der Waals surface area contributed by atoms with Crippen molar-refractivity contribution in [2.45, 2.75) is 6.42 Å². The Morgan fingerprint density at radius 1 is 1.36 bits per heavy atom. The van der Waals surface area contributed by atoms with E-state index in [1.54, 1.807) is 0 Å². The highest BCUT2D eigenvalue weighted by Crippen LogP contribution is 2.31. The standard InChI is InChI=1S/C9H9FO4/c10-4-3-5-1-2-6(11)8(12)7(5)9(13)14/h1-2,11-12H,3-4H2,(H,13,14). The molecule has 0 radical (unpaired) electrons. The lowest BCUT2D eigenvalue weighted by atomic mass is 10.0. The molecule has 0 aromatic heterocycles. The summed E-state index contributed by atoms with van der Waals surface area (Å²) in [7, 11) is 0. The number of alkyl halides is 1. The minimum atomic E-state index is -1.39. The molecular formula is C9H9FO4. The van der Waals surface area contributed by atoms with E-state index in [1.165, 1.54) is 6.07 Å². The van der Waals surface area contributed by atoms with Gasteiger partial charge in [-0.25, -0.2) is 4.79 Å². The molecule has 5 heteroatoms. The molecule has 14 heavy (non-hydrogen) atoms. The van der Waals surface area contributed by atoms with Gasteiger partial charge in [-0.05, 0) is 11.6 Å². The largest absolute Gasteiger partial charge is 0.504 e. The Balaban J connectivity index is 3.30. The molecule has 3 N–H and O–H groups in total. The van der Waals surface area contributed by atoms with Crippen molar-refractivity contribution in [1.82, 2.24) is 0 Å². The first-order valence-electron chi connectivity index (χ1n) is 3.91. The van der Waals surface area contributed by atoms with Crippen LogP contribution in [0, 0.1) is 0 Å². The number of carboxylic acids is 1. The molecule has 0 aliphatic rings. The zero-order valence-corrected chi connectivity index (χ0v) is 7.20. The third-order valence-corrected chi connectivity index (χ3v) is 1.82. The number of phenols is 2. The van der Waals surface area contributed by atoms with E-state index in [1.807, 2.05) is 0 Å². The monoisotopic (exact) mass is 200 g/mol. The van der Waals surface area contributed by atoms with Crippen LogP contribution in [0.3, 0.4) is 0 Å². The van der Waals surface area contributed by atoms with E-state index in [2.05, 4.69) is 0 Å². The Morgan fingerprint density at radius 2 is 2.00 bits per heavy atom. The number of phenolic OH excluding ortho intramolecular Hbond substituents is 1. The lowest BCUT2D eigenvalue weighted by Crippen LogP contribution is -2.03. The smallest absolute Gasteiger partial charge is 0.339 e. The van der Waals surface area contributed by atoms with Gasteiger partial charge in [0, 0.05) is 6.42 Å². The molecule has 0 heterocycles. The molecular weight excluding hydrogens is 191 g/mol. The Hall–Kier alpha value is -1.78. The van der Waals surface area contributed by atoms with Gasteiger partial charge in [-0.1, -0.05) is 6.07 Å². The van der Waals surface area contributed by atoms with Crippen molar-refractivity contribution < 1.29 is 24.5 Å². The van der Waals surface area contributed by atoms with Crippen LogP contribution in [0.25, 0.3) is 0 Å². The van der Waals surface area contributed by atoms with E-state index < -0.39 is 29.7 Å². The second-order valence-corrected chi connectivity index (χ2v) is 2.71. The van der Waals surface area contributed by atoms with Crippen molar-refractivity contribution in [3.63, 3.8) is 0 Å². The summed E-state index contributed by atoms with van der Waals surface area (Å²) in [5, 5.41) is 27.0. The Labute approximate surface area is 79.2 Å². The molecule has 0 saturated carbocycles. The third kappa shape index (κ3) is 1.76. The van der Waals surface area contributed by atoms with Crippen LogP contribution in [-0.4, -0.2) is 28.0 Å². The molecule has 1 aromatic rings. The fourth-order valence-electron chi connectivity index (χ4n) is 1.17. The minimum absolute atomic E-state index is 0.102. The highest BCUT2D eigenvalue weighted by atomic mass is 19.1. The number of carboxylic acid groups (broad SMARTS) is 1. The highest BCUT2D eigenvalue weighted by Gasteiger charge is 2.18. The molecule has 0 bridgehead atoms. The fourth-order valence-corrected chi connectivity index (χ4v) is 1.17. The van der Waals surface area contributed by atoms with Crippen molar-refractivity contribution in [3.05, 3.63) is 23.3 Å². The van der Waals surface area contributed by atoms with Crippen LogP contribution in [0.5, 0.6) is 11.5 Å².